The van der Waals surface area contributed by atoms with Gasteiger partial charge in [-0.3, -0.25) is 14.4 Å². The van der Waals surface area contributed by atoms with Crippen LogP contribution in [-0.4, -0.2) is 24.1 Å². The smallest absolute Gasteiger partial charge is 0.313 e. The first-order chi connectivity index (χ1) is 7.10. The van der Waals surface area contributed by atoms with Crippen LogP contribution < -0.4 is 0 Å². The van der Waals surface area contributed by atoms with E-state index in [9.17, 15) is 14.4 Å². The van der Waals surface area contributed by atoms with Crippen molar-refractivity contribution in [2.24, 2.45) is 0 Å². The highest BCUT2D eigenvalue weighted by molar-refractivity contribution is 6.05. The van der Waals surface area contributed by atoms with E-state index < -0.39 is 5.97 Å². The quantitative estimate of drug-likeness (QED) is 0.455. The van der Waals surface area contributed by atoms with Gasteiger partial charge in [0.05, 0.1) is 13.0 Å². The summed E-state index contributed by atoms with van der Waals surface area (Å²) in [5.74, 6) is -0.994. The van der Waals surface area contributed by atoms with Crippen LogP contribution in [0.25, 0.3) is 0 Å². The fourth-order valence-electron chi connectivity index (χ4n) is 1.12. The predicted octanol–water partition coefficient (Wildman–Crippen LogP) is 1.66. The highest BCUT2D eigenvalue weighted by atomic mass is 16.5. The molecule has 0 saturated heterocycles. The Kier molecular flexibility index (Phi) is 7.50. The average Bonchev–Trinajstić information content (AvgIpc) is 2.14. The van der Waals surface area contributed by atoms with E-state index in [0.717, 1.165) is 12.8 Å². The minimum Gasteiger partial charge on any atom is -0.466 e. The van der Waals surface area contributed by atoms with Crippen LogP contribution in [-0.2, 0) is 19.1 Å². The fraction of sp³-hybridized carbons (Fsp3) is 0.727. The third kappa shape index (κ3) is 7.85. The molecular weight excluding hydrogens is 196 g/mol. The van der Waals surface area contributed by atoms with E-state index in [0.29, 0.717) is 6.42 Å². The van der Waals surface area contributed by atoms with Gasteiger partial charge in [0.1, 0.15) is 12.2 Å². The lowest BCUT2D eigenvalue weighted by molar-refractivity contribution is -0.145. The predicted molar refractivity (Wildman–Crippen MR) is 55.4 cm³/mol. The topological polar surface area (TPSA) is 60.4 Å². The van der Waals surface area contributed by atoms with Crippen molar-refractivity contribution < 1.29 is 19.1 Å². The molecule has 0 aliphatic heterocycles. The van der Waals surface area contributed by atoms with Crippen molar-refractivity contribution in [3.63, 3.8) is 0 Å². The fourth-order valence-corrected chi connectivity index (χ4v) is 1.12. The van der Waals surface area contributed by atoms with Gasteiger partial charge in [0, 0.05) is 6.42 Å². The molecule has 86 valence electrons. The number of unbranched alkanes of at least 4 members (excludes halogenated alkanes) is 1. The van der Waals surface area contributed by atoms with Crippen molar-refractivity contribution >= 4 is 17.5 Å². The number of carbonyl (C=O) groups excluding carboxylic acids is 3. The minimum atomic E-state index is -0.550. The molecule has 4 heteroatoms. The molecule has 0 unspecified atom stereocenters. The molecule has 0 saturated carbocycles. The van der Waals surface area contributed by atoms with Gasteiger partial charge in [-0.2, -0.15) is 0 Å². The van der Waals surface area contributed by atoms with E-state index in [1.54, 1.807) is 6.92 Å². The molecule has 0 fully saturated rings. The maximum atomic E-state index is 11.2. The van der Waals surface area contributed by atoms with Crippen molar-refractivity contribution in [2.45, 2.75) is 46.0 Å². The Hall–Kier alpha value is -1.19. The van der Waals surface area contributed by atoms with Gasteiger partial charge in [-0.25, -0.2) is 0 Å². The number of rotatable bonds is 8. The summed E-state index contributed by atoms with van der Waals surface area (Å²) in [4.78, 5) is 33.3. The number of ketones is 2. The molecule has 0 bridgehead atoms. The number of hydrogen-bond donors (Lipinski definition) is 0. The zero-order chi connectivity index (χ0) is 11.7. The number of carbonyl (C=O) groups is 3. The Morgan fingerprint density at radius 3 is 2.20 bits per heavy atom. The van der Waals surface area contributed by atoms with Crippen molar-refractivity contribution in [1.82, 2.24) is 0 Å². The van der Waals surface area contributed by atoms with Crippen LogP contribution in [0.3, 0.4) is 0 Å². The Labute approximate surface area is 90.0 Å². The zero-order valence-corrected chi connectivity index (χ0v) is 9.38. The summed E-state index contributed by atoms with van der Waals surface area (Å²) in [6.07, 6.45) is 1.72. The number of hydrogen-bond acceptors (Lipinski definition) is 4. The van der Waals surface area contributed by atoms with Gasteiger partial charge in [-0.1, -0.05) is 13.3 Å². The molecular formula is C11H18O4. The Bertz CT molecular complexity index is 233. The van der Waals surface area contributed by atoms with Crippen LogP contribution in [0.4, 0.5) is 0 Å². The lowest BCUT2D eigenvalue weighted by Gasteiger charge is -2.00. The largest absolute Gasteiger partial charge is 0.466 e. The van der Waals surface area contributed by atoms with Gasteiger partial charge in [-0.05, 0) is 13.3 Å². The molecule has 0 aliphatic carbocycles. The zero-order valence-electron chi connectivity index (χ0n) is 9.38. The lowest BCUT2D eigenvalue weighted by atomic mass is 10.1. The minimum absolute atomic E-state index is 0.0915. The van der Waals surface area contributed by atoms with E-state index in [2.05, 4.69) is 4.74 Å². The van der Waals surface area contributed by atoms with Crippen LogP contribution >= 0.6 is 0 Å². The number of Topliss-reactive ketones (excluding diaryl/α,β-unsaturated/α-hetero) is 2. The molecule has 0 aromatic heterocycles. The van der Waals surface area contributed by atoms with Gasteiger partial charge in [-0.15, -0.1) is 0 Å². The van der Waals surface area contributed by atoms with Gasteiger partial charge < -0.3 is 4.74 Å². The molecule has 15 heavy (non-hydrogen) atoms. The van der Waals surface area contributed by atoms with Crippen LogP contribution in [0.15, 0.2) is 0 Å². The molecule has 0 radical (unpaired) electrons. The lowest BCUT2D eigenvalue weighted by Crippen LogP contribution is -2.14. The molecule has 4 nitrogen and oxygen atoms in total. The second-order valence-corrected chi connectivity index (χ2v) is 3.34. The van der Waals surface area contributed by atoms with Crippen molar-refractivity contribution in [3.8, 4) is 0 Å². The summed E-state index contributed by atoms with van der Waals surface area (Å²) < 4.78 is 4.60. The summed E-state index contributed by atoms with van der Waals surface area (Å²) >= 11 is 0. The Balaban J connectivity index is 3.73. The molecule has 0 aliphatic rings. The van der Waals surface area contributed by atoms with Crippen LogP contribution in [0.2, 0.25) is 0 Å². The highest BCUT2D eigenvalue weighted by Gasteiger charge is 2.13. The average molecular weight is 214 g/mol. The van der Waals surface area contributed by atoms with Crippen LogP contribution in [0.1, 0.15) is 46.0 Å². The van der Waals surface area contributed by atoms with E-state index in [1.165, 1.54) is 0 Å². The summed E-state index contributed by atoms with van der Waals surface area (Å²) in [5.41, 5.74) is 0. The van der Waals surface area contributed by atoms with Gasteiger partial charge in [0.25, 0.3) is 0 Å². The molecule has 0 spiro atoms. The first-order valence-electron chi connectivity index (χ1n) is 5.29. The first-order valence-corrected chi connectivity index (χ1v) is 5.29. The van der Waals surface area contributed by atoms with Gasteiger partial charge in [0.15, 0.2) is 5.78 Å². The number of esters is 1. The third-order valence-electron chi connectivity index (χ3n) is 1.85. The third-order valence-corrected chi connectivity index (χ3v) is 1.85. The maximum Gasteiger partial charge on any atom is 0.313 e. The normalized spacial score (nSPS) is 9.73. The SMILES string of the molecule is CCCCC(=O)CC(=O)CC(=O)OCC. The molecule has 0 heterocycles. The molecule has 0 atom stereocenters. The molecule has 0 amide bonds. The van der Waals surface area contributed by atoms with Crippen molar-refractivity contribution in [2.75, 3.05) is 6.61 Å². The Morgan fingerprint density at radius 1 is 1.00 bits per heavy atom. The first kappa shape index (κ1) is 13.8. The summed E-state index contributed by atoms with van der Waals surface area (Å²) in [6, 6.07) is 0. The van der Waals surface area contributed by atoms with Gasteiger partial charge >= 0.3 is 5.97 Å². The van der Waals surface area contributed by atoms with Crippen LogP contribution in [0.5, 0.6) is 0 Å². The van der Waals surface area contributed by atoms with E-state index in [4.69, 9.17) is 0 Å². The van der Waals surface area contributed by atoms with Gasteiger partial charge in [0.2, 0.25) is 0 Å². The second-order valence-electron chi connectivity index (χ2n) is 3.34. The monoisotopic (exact) mass is 214 g/mol. The summed E-state index contributed by atoms with van der Waals surface area (Å²) in [5, 5.41) is 0. The molecule has 0 aromatic carbocycles. The van der Waals surface area contributed by atoms with Crippen molar-refractivity contribution in [3.05, 3.63) is 0 Å². The second kappa shape index (κ2) is 8.15. The highest BCUT2D eigenvalue weighted by Crippen LogP contribution is 2.01. The van der Waals surface area contributed by atoms with Crippen molar-refractivity contribution in [1.29, 1.82) is 0 Å². The van der Waals surface area contributed by atoms with E-state index in [-0.39, 0.29) is 31.0 Å². The van der Waals surface area contributed by atoms with E-state index in [1.807, 2.05) is 6.92 Å². The Morgan fingerprint density at radius 2 is 1.67 bits per heavy atom. The van der Waals surface area contributed by atoms with E-state index >= 15 is 0 Å². The number of ether oxygens (including phenoxy) is 1. The standard InChI is InChI=1S/C11H18O4/c1-3-5-6-9(12)7-10(13)8-11(14)15-4-2/h3-8H2,1-2H3. The molecule has 0 rings (SSSR count). The summed E-state index contributed by atoms with van der Waals surface area (Å²) in [6.45, 7) is 3.92. The summed E-state index contributed by atoms with van der Waals surface area (Å²) in [7, 11) is 0. The molecule has 0 aromatic rings. The van der Waals surface area contributed by atoms with Crippen LogP contribution in [0, 0.1) is 0 Å². The maximum absolute atomic E-state index is 11.2. The molecule has 0 N–H and O–H groups in total.